The van der Waals surface area contributed by atoms with E-state index in [2.05, 4.69) is 0 Å². The van der Waals surface area contributed by atoms with Gasteiger partial charge in [-0.1, -0.05) is 0 Å². The second-order valence-corrected chi connectivity index (χ2v) is 3.16. The van der Waals surface area contributed by atoms with Crippen molar-refractivity contribution < 1.29 is 35.4 Å². The average molecular weight is 210 g/mol. The van der Waals surface area contributed by atoms with Gasteiger partial charge >= 0.3 is 22.4 Å². The molecular formula is C3H2F4O4S. The smallest absolute Gasteiger partial charge is 0.418 e. The first-order chi connectivity index (χ1) is 5.07. The second-order valence-electron chi connectivity index (χ2n) is 1.74. The zero-order chi connectivity index (χ0) is 10.2. The average Bonchev–Trinajstić information content (AvgIpc) is 1.49. The molecule has 0 bridgehead atoms. The molecule has 12 heavy (non-hydrogen) atoms. The van der Waals surface area contributed by atoms with Gasteiger partial charge in [-0.05, 0) is 0 Å². The fourth-order valence-corrected chi connectivity index (χ4v) is 0.980. The van der Waals surface area contributed by atoms with E-state index < -0.39 is 27.6 Å². The standard InChI is InChI=1S/C3H2F4O4S/c4-3(5,6)1(2(8)9)12(7,10)11/h1H,(H,8,9). The van der Waals surface area contributed by atoms with Crippen LogP contribution in [0.3, 0.4) is 0 Å². The molecule has 1 atom stereocenters. The van der Waals surface area contributed by atoms with Crippen molar-refractivity contribution in [3.05, 3.63) is 0 Å². The van der Waals surface area contributed by atoms with Crippen LogP contribution in [0.25, 0.3) is 0 Å². The third-order valence-corrected chi connectivity index (χ3v) is 1.84. The SMILES string of the molecule is O=C(O)C(C(F)(F)F)S(=O)(=O)F. The third-order valence-electron chi connectivity index (χ3n) is 0.803. The maximum Gasteiger partial charge on any atom is 0.418 e. The lowest BCUT2D eigenvalue weighted by molar-refractivity contribution is -0.163. The van der Waals surface area contributed by atoms with Crippen LogP contribution in [-0.4, -0.2) is 30.9 Å². The molecule has 9 heteroatoms. The van der Waals surface area contributed by atoms with Crippen molar-refractivity contribution in [1.82, 2.24) is 0 Å². The van der Waals surface area contributed by atoms with Gasteiger partial charge in [0.2, 0.25) is 0 Å². The van der Waals surface area contributed by atoms with Gasteiger partial charge in [-0.15, -0.1) is 3.89 Å². The molecule has 0 rings (SSSR count). The molecule has 0 aromatic carbocycles. The number of aliphatic carboxylic acids is 1. The first-order valence-corrected chi connectivity index (χ1v) is 3.74. The molecule has 0 radical (unpaired) electrons. The van der Waals surface area contributed by atoms with E-state index in [-0.39, 0.29) is 0 Å². The number of hydrogen-bond donors (Lipinski definition) is 1. The molecule has 4 nitrogen and oxygen atoms in total. The predicted molar refractivity (Wildman–Crippen MR) is 27.5 cm³/mol. The highest BCUT2D eigenvalue weighted by Gasteiger charge is 2.54. The highest BCUT2D eigenvalue weighted by molar-refractivity contribution is 7.87. The van der Waals surface area contributed by atoms with E-state index in [1.165, 1.54) is 0 Å². The summed E-state index contributed by atoms with van der Waals surface area (Å²) in [6.07, 6.45) is -5.64. The van der Waals surface area contributed by atoms with Crippen LogP contribution in [0.4, 0.5) is 17.1 Å². The van der Waals surface area contributed by atoms with Crippen LogP contribution in [0.2, 0.25) is 0 Å². The Balaban J connectivity index is 5.11. The van der Waals surface area contributed by atoms with Gasteiger partial charge in [0.15, 0.2) is 0 Å². The summed E-state index contributed by atoms with van der Waals surface area (Å²) in [5.74, 6) is -2.79. The van der Waals surface area contributed by atoms with Crippen LogP contribution in [0.5, 0.6) is 0 Å². The summed E-state index contributed by atoms with van der Waals surface area (Å²) < 4.78 is 65.4. The Bertz CT molecular complexity index is 277. The Morgan fingerprint density at radius 1 is 1.33 bits per heavy atom. The normalized spacial score (nSPS) is 15.7. The minimum Gasteiger partial charge on any atom is -0.480 e. The molecule has 0 spiro atoms. The fraction of sp³-hybridized carbons (Fsp3) is 0.667. The van der Waals surface area contributed by atoms with Crippen molar-refractivity contribution in [3.8, 4) is 0 Å². The molecule has 0 aliphatic heterocycles. The molecule has 0 aliphatic carbocycles. The minimum atomic E-state index is -6.15. The van der Waals surface area contributed by atoms with Gasteiger partial charge < -0.3 is 5.11 Å². The lowest BCUT2D eigenvalue weighted by atomic mass is 10.4. The second kappa shape index (κ2) is 2.88. The molecule has 0 aliphatic rings. The predicted octanol–water partition coefficient (Wildman–Crippen LogP) is 0.301. The van der Waals surface area contributed by atoms with Crippen molar-refractivity contribution in [2.75, 3.05) is 0 Å². The zero-order valence-electron chi connectivity index (χ0n) is 5.17. The molecule has 0 saturated carbocycles. The van der Waals surface area contributed by atoms with Gasteiger partial charge in [-0.25, -0.2) is 0 Å². The van der Waals surface area contributed by atoms with E-state index in [1.807, 2.05) is 0 Å². The Labute approximate surface area is 64.0 Å². The van der Waals surface area contributed by atoms with E-state index in [1.54, 1.807) is 0 Å². The quantitative estimate of drug-likeness (QED) is 0.525. The molecule has 0 aromatic heterocycles. The van der Waals surface area contributed by atoms with E-state index in [9.17, 15) is 30.3 Å². The van der Waals surface area contributed by atoms with Gasteiger partial charge in [0, 0.05) is 0 Å². The number of alkyl halides is 3. The van der Waals surface area contributed by atoms with Crippen LogP contribution in [0.1, 0.15) is 0 Å². The van der Waals surface area contributed by atoms with Gasteiger partial charge in [-0.2, -0.15) is 21.6 Å². The number of carbonyl (C=O) groups is 1. The fourth-order valence-electron chi connectivity index (χ4n) is 0.420. The number of carboxylic acids is 1. The minimum absolute atomic E-state index is 2.79. The largest absolute Gasteiger partial charge is 0.480 e. The molecule has 1 N–H and O–H groups in total. The van der Waals surface area contributed by atoms with Crippen LogP contribution in [0.15, 0.2) is 0 Å². The summed E-state index contributed by atoms with van der Waals surface area (Å²) >= 11 is 0. The summed E-state index contributed by atoms with van der Waals surface area (Å²) in [5.41, 5.74) is 0. The Kier molecular flexibility index (Phi) is 2.68. The van der Waals surface area contributed by atoms with Crippen LogP contribution in [0, 0.1) is 0 Å². The topological polar surface area (TPSA) is 71.4 Å². The number of carboxylic acid groups (broad SMARTS) is 1. The summed E-state index contributed by atoms with van der Waals surface area (Å²) in [4.78, 5) is 9.65. The van der Waals surface area contributed by atoms with E-state index >= 15 is 0 Å². The van der Waals surface area contributed by atoms with Crippen LogP contribution in [-0.2, 0) is 15.0 Å². The Morgan fingerprint density at radius 2 is 1.67 bits per heavy atom. The summed E-state index contributed by atoms with van der Waals surface area (Å²) in [6, 6.07) is 0. The number of rotatable bonds is 2. The molecule has 0 fully saturated rings. The van der Waals surface area contributed by atoms with Gasteiger partial charge in [0.05, 0.1) is 0 Å². The molecule has 0 saturated heterocycles. The molecule has 72 valence electrons. The monoisotopic (exact) mass is 210 g/mol. The summed E-state index contributed by atoms with van der Waals surface area (Å²) in [7, 11) is -6.15. The van der Waals surface area contributed by atoms with Gasteiger partial charge in [0.25, 0.3) is 5.25 Å². The Morgan fingerprint density at radius 3 is 1.67 bits per heavy atom. The molecule has 0 heterocycles. The van der Waals surface area contributed by atoms with Crippen molar-refractivity contribution in [3.63, 3.8) is 0 Å². The van der Waals surface area contributed by atoms with E-state index in [0.29, 0.717) is 0 Å². The van der Waals surface area contributed by atoms with Crippen molar-refractivity contribution in [2.45, 2.75) is 11.4 Å². The Hall–Kier alpha value is -0.860. The molecule has 0 aromatic rings. The van der Waals surface area contributed by atoms with Gasteiger partial charge in [-0.3, -0.25) is 4.79 Å². The molecule has 1 unspecified atom stereocenters. The van der Waals surface area contributed by atoms with E-state index in [4.69, 9.17) is 5.11 Å². The summed E-state index contributed by atoms with van der Waals surface area (Å²) in [6.45, 7) is 0. The first kappa shape index (κ1) is 11.1. The lowest BCUT2D eigenvalue weighted by Crippen LogP contribution is -2.41. The highest BCUT2D eigenvalue weighted by atomic mass is 32.3. The maximum atomic E-state index is 11.7. The third kappa shape index (κ3) is 2.64. The maximum absolute atomic E-state index is 11.7. The number of halogens is 4. The van der Waals surface area contributed by atoms with Crippen LogP contribution < -0.4 is 0 Å². The van der Waals surface area contributed by atoms with Crippen molar-refractivity contribution >= 4 is 16.2 Å². The molecular weight excluding hydrogens is 208 g/mol. The van der Waals surface area contributed by atoms with Crippen molar-refractivity contribution in [1.29, 1.82) is 0 Å². The lowest BCUT2D eigenvalue weighted by Gasteiger charge is -2.10. The zero-order valence-corrected chi connectivity index (χ0v) is 5.99. The first-order valence-electron chi connectivity index (χ1n) is 2.30. The highest BCUT2D eigenvalue weighted by Crippen LogP contribution is 2.27. The van der Waals surface area contributed by atoms with Crippen LogP contribution >= 0.6 is 0 Å². The van der Waals surface area contributed by atoms with Crippen molar-refractivity contribution in [2.24, 2.45) is 0 Å². The number of hydrogen-bond acceptors (Lipinski definition) is 3. The molecule has 0 amide bonds. The summed E-state index contributed by atoms with van der Waals surface area (Å²) in [5, 5.41) is 3.71. The van der Waals surface area contributed by atoms with Gasteiger partial charge in [0.1, 0.15) is 0 Å². The van der Waals surface area contributed by atoms with E-state index in [0.717, 1.165) is 0 Å².